The highest BCUT2D eigenvalue weighted by Crippen LogP contribution is 2.43. The lowest BCUT2D eigenvalue weighted by Gasteiger charge is -2.30. The van der Waals surface area contributed by atoms with Gasteiger partial charge < -0.3 is 15.0 Å². The molecule has 1 amide bonds. The van der Waals surface area contributed by atoms with Crippen LogP contribution >= 0.6 is 0 Å². The van der Waals surface area contributed by atoms with Crippen LogP contribution in [0.5, 0.6) is 0 Å². The number of carbonyl (C=O) groups is 2. The van der Waals surface area contributed by atoms with Crippen molar-refractivity contribution in [3.63, 3.8) is 0 Å². The van der Waals surface area contributed by atoms with E-state index in [0.29, 0.717) is 5.56 Å². The fraction of sp³-hybridized carbons (Fsp3) is 0.261. The van der Waals surface area contributed by atoms with Gasteiger partial charge in [0.1, 0.15) is 5.76 Å². The summed E-state index contributed by atoms with van der Waals surface area (Å²) in [5, 5.41) is 12.0. The molecule has 3 aromatic rings. The van der Waals surface area contributed by atoms with Gasteiger partial charge in [0, 0.05) is 41.1 Å². The standard InChI is InChI=1S/C23H21N3O3/c27-21(17-13-25-18-10-4-3-9-16(17)18)19-20(14-6-5-11-24-12-14)26(23(29)22(19)28)15-7-1-2-8-15/h3-6,9-13,15,20,25,27H,1-2,7-8H2/b21-19-. The first-order valence-corrected chi connectivity index (χ1v) is 9.93. The lowest BCUT2D eigenvalue weighted by molar-refractivity contribution is -0.141. The first-order valence-electron chi connectivity index (χ1n) is 9.93. The Labute approximate surface area is 167 Å². The third-order valence-electron chi connectivity index (χ3n) is 6.04. The molecule has 2 aliphatic rings. The van der Waals surface area contributed by atoms with E-state index in [4.69, 9.17) is 0 Å². The Balaban J connectivity index is 1.71. The van der Waals surface area contributed by atoms with Gasteiger partial charge in [-0.3, -0.25) is 14.6 Å². The Morgan fingerprint density at radius 2 is 1.90 bits per heavy atom. The average Bonchev–Trinajstić information content (AvgIpc) is 3.47. The highest BCUT2D eigenvalue weighted by Gasteiger charge is 2.49. The second-order valence-electron chi connectivity index (χ2n) is 7.68. The summed E-state index contributed by atoms with van der Waals surface area (Å²) in [5.74, 6) is -1.31. The number of H-pyrrole nitrogens is 1. The Kier molecular flexibility index (Phi) is 4.19. The number of Topliss-reactive ketones (excluding diaryl/α,β-unsaturated/α-hetero) is 1. The van der Waals surface area contributed by atoms with Gasteiger partial charge in [-0.05, 0) is 30.5 Å². The summed E-state index contributed by atoms with van der Waals surface area (Å²) in [6.45, 7) is 0. The maximum absolute atomic E-state index is 13.1. The van der Waals surface area contributed by atoms with Gasteiger partial charge in [0.15, 0.2) is 0 Å². The number of nitrogens with one attached hydrogen (secondary N) is 1. The van der Waals surface area contributed by atoms with Crippen LogP contribution in [0.1, 0.15) is 42.9 Å². The molecular weight excluding hydrogens is 366 g/mol. The van der Waals surface area contributed by atoms with Crippen molar-refractivity contribution in [3.05, 3.63) is 71.7 Å². The van der Waals surface area contributed by atoms with Crippen molar-refractivity contribution in [1.29, 1.82) is 0 Å². The average molecular weight is 387 g/mol. The number of aliphatic hydroxyl groups excluding tert-OH is 1. The first-order chi connectivity index (χ1) is 14.2. The number of fused-ring (bicyclic) bond motifs is 1. The number of para-hydroxylation sites is 1. The van der Waals surface area contributed by atoms with Crippen molar-refractivity contribution in [2.24, 2.45) is 0 Å². The molecule has 146 valence electrons. The fourth-order valence-electron chi connectivity index (χ4n) is 4.69. The number of ketones is 1. The van der Waals surface area contributed by atoms with E-state index in [9.17, 15) is 14.7 Å². The zero-order valence-electron chi connectivity index (χ0n) is 15.8. The van der Waals surface area contributed by atoms with Gasteiger partial charge in [-0.15, -0.1) is 0 Å². The van der Waals surface area contributed by atoms with E-state index in [2.05, 4.69) is 9.97 Å². The predicted octanol–water partition coefficient (Wildman–Crippen LogP) is 3.93. The molecule has 0 spiro atoms. The number of nitrogens with zero attached hydrogens (tertiary/aromatic N) is 2. The predicted molar refractivity (Wildman–Crippen MR) is 109 cm³/mol. The van der Waals surface area contributed by atoms with Gasteiger partial charge in [-0.1, -0.05) is 37.1 Å². The smallest absolute Gasteiger partial charge is 0.295 e. The van der Waals surface area contributed by atoms with E-state index in [-0.39, 0.29) is 17.4 Å². The normalized spacial score (nSPS) is 22.1. The maximum atomic E-state index is 13.1. The molecule has 2 aromatic heterocycles. The number of hydrogen-bond acceptors (Lipinski definition) is 4. The molecule has 29 heavy (non-hydrogen) atoms. The Morgan fingerprint density at radius 1 is 1.10 bits per heavy atom. The molecule has 6 heteroatoms. The lowest BCUT2D eigenvalue weighted by Crippen LogP contribution is -2.37. The number of pyridine rings is 1. The third-order valence-corrected chi connectivity index (χ3v) is 6.04. The number of rotatable bonds is 3. The minimum atomic E-state index is -0.631. The van der Waals surface area contributed by atoms with E-state index in [1.807, 2.05) is 30.3 Å². The lowest BCUT2D eigenvalue weighted by atomic mass is 9.95. The minimum Gasteiger partial charge on any atom is -0.507 e. The van der Waals surface area contributed by atoms with Crippen LogP contribution in [0.3, 0.4) is 0 Å². The Bertz CT molecular complexity index is 1130. The van der Waals surface area contributed by atoms with Crippen molar-refractivity contribution in [3.8, 4) is 0 Å². The highest BCUT2D eigenvalue weighted by molar-refractivity contribution is 6.46. The minimum absolute atomic E-state index is 0.00456. The molecule has 1 saturated heterocycles. The molecule has 1 atom stereocenters. The number of aromatic amines is 1. The van der Waals surface area contributed by atoms with Crippen LogP contribution in [0.2, 0.25) is 0 Å². The molecule has 2 fully saturated rings. The number of benzene rings is 1. The van der Waals surface area contributed by atoms with Crippen molar-refractivity contribution >= 4 is 28.4 Å². The van der Waals surface area contributed by atoms with E-state index >= 15 is 0 Å². The molecule has 2 N–H and O–H groups in total. The Hall–Kier alpha value is -3.41. The first kappa shape index (κ1) is 17.7. The molecule has 1 saturated carbocycles. The Morgan fingerprint density at radius 3 is 2.66 bits per heavy atom. The van der Waals surface area contributed by atoms with Gasteiger partial charge in [0.2, 0.25) is 0 Å². The van der Waals surface area contributed by atoms with Crippen LogP contribution in [0.4, 0.5) is 0 Å². The van der Waals surface area contributed by atoms with Crippen LogP contribution in [0.25, 0.3) is 16.7 Å². The molecule has 1 unspecified atom stereocenters. The second kappa shape index (κ2) is 6.88. The van der Waals surface area contributed by atoms with Crippen LogP contribution in [-0.4, -0.2) is 37.7 Å². The summed E-state index contributed by atoms with van der Waals surface area (Å²) in [7, 11) is 0. The molecule has 0 bridgehead atoms. The molecule has 0 radical (unpaired) electrons. The third kappa shape index (κ3) is 2.75. The quantitative estimate of drug-likeness (QED) is 0.405. The second-order valence-corrected chi connectivity index (χ2v) is 7.68. The van der Waals surface area contributed by atoms with E-state index < -0.39 is 17.7 Å². The van der Waals surface area contributed by atoms with E-state index in [1.165, 1.54) is 0 Å². The van der Waals surface area contributed by atoms with Gasteiger partial charge in [0.05, 0.1) is 11.6 Å². The van der Waals surface area contributed by atoms with Crippen molar-refractivity contribution in [2.45, 2.75) is 37.8 Å². The monoisotopic (exact) mass is 387 g/mol. The number of hydrogen-bond donors (Lipinski definition) is 2. The van der Waals surface area contributed by atoms with E-state index in [0.717, 1.165) is 42.1 Å². The van der Waals surface area contributed by atoms with Crippen molar-refractivity contribution in [2.75, 3.05) is 0 Å². The van der Waals surface area contributed by atoms with Crippen molar-refractivity contribution < 1.29 is 14.7 Å². The molecule has 1 aliphatic heterocycles. The number of likely N-dealkylation sites (tertiary alicyclic amines) is 1. The van der Waals surface area contributed by atoms with Gasteiger partial charge in [-0.2, -0.15) is 0 Å². The molecule has 1 aromatic carbocycles. The van der Waals surface area contributed by atoms with Crippen LogP contribution < -0.4 is 0 Å². The molecule has 1 aliphatic carbocycles. The molecule has 5 rings (SSSR count). The summed E-state index contributed by atoms with van der Waals surface area (Å²) < 4.78 is 0. The number of aromatic nitrogens is 2. The summed E-state index contributed by atoms with van der Waals surface area (Å²) >= 11 is 0. The van der Waals surface area contributed by atoms with E-state index in [1.54, 1.807) is 29.6 Å². The zero-order valence-corrected chi connectivity index (χ0v) is 15.8. The van der Waals surface area contributed by atoms with Crippen molar-refractivity contribution in [1.82, 2.24) is 14.9 Å². The number of amides is 1. The topological polar surface area (TPSA) is 86.3 Å². The number of carbonyl (C=O) groups excluding carboxylic acids is 2. The van der Waals surface area contributed by atoms with Crippen LogP contribution in [0, 0.1) is 0 Å². The molecule has 3 heterocycles. The maximum Gasteiger partial charge on any atom is 0.295 e. The summed E-state index contributed by atoms with van der Waals surface area (Å²) in [6.07, 6.45) is 8.83. The summed E-state index contributed by atoms with van der Waals surface area (Å²) in [5.41, 5.74) is 2.26. The molecule has 6 nitrogen and oxygen atoms in total. The SMILES string of the molecule is O=C1C(=O)N(C2CCCC2)C(c2cccnc2)/C1=C(/O)c1c[nH]c2ccccc12. The largest absolute Gasteiger partial charge is 0.507 e. The van der Waals surface area contributed by atoms with Gasteiger partial charge in [0.25, 0.3) is 11.7 Å². The van der Waals surface area contributed by atoms with Gasteiger partial charge in [-0.25, -0.2) is 0 Å². The fourth-order valence-corrected chi connectivity index (χ4v) is 4.69. The van der Waals surface area contributed by atoms with Crippen LogP contribution in [0.15, 0.2) is 60.6 Å². The van der Waals surface area contributed by atoms with Gasteiger partial charge >= 0.3 is 0 Å². The summed E-state index contributed by atoms with van der Waals surface area (Å²) in [6, 6.07) is 10.6. The molecular formula is C23H21N3O3. The highest BCUT2D eigenvalue weighted by atomic mass is 16.3. The zero-order chi connectivity index (χ0) is 20.0. The summed E-state index contributed by atoms with van der Waals surface area (Å²) in [4.78, 5) is 35.1. The number of aliphatic hydroxyl groups is 1. The van der Waals surface area contributed by atoms with Crippen LogP contribution in [-0.2, 0) is 9.59 Å².